The van der Waals surface area contributed by atoms with Gasteiger partial charge in [-0.15, -0.1) is 0 Å². The van der Waals surface area contributed by atoms with Gasteiger partial charge >= 0.3 is 0 Å². The number of carbonyl (C=O) groups excluding carboxylic acids is 2. The summed E-state index contributed by atoms with van der Waals surface area (Å²) in [6, 6.07) is 13.7. The Balaban J connectivity index is 1.65. The van der Waals surface area contributed by atoms with Gasteiger partial charge in [-0.05, 0) is 18.2 Å². The van der Waals surface area contributed by atoms with Crippen LogP contribution in [0, 0.1) is 11.7 Å². The van der Waals surface area contributed by atoms with Gasteiger partial charge in [0.1, 0.15) is 18.2 Å². The maximum absolute atomic E-state index is 14.2. The van der Waals surface area contributed by atoms with Gasteiger partial charge in [0.2, 0.25) is 5.91 Å². The molecule has 0 radical (unpaired) electrons. The molecule has 0 aromatic heterocycles. The number of nitrogens with zero attached hydrogens (tertiary/aromatic N) is 2. The minimum atomic E-state index is -0.886. The van der Waals surface area contributed by atoms with Gasteiger partial charge < -0.3 is 15.0 Å². The summed E-state index contributed by atoms with van der Waals surface area (Å²) in [5.41, 5.74) is 0.126. The van der Waals surface area contributed by atoms with Crippen molar-refractivity contribution in [2.24, 2.45) is 5.92 Å². The quantitative estimate of drug-likeness (QED) is 0.860. The Morgan fingerprint density at radius 2 is 1.97 bits per heavy atom. The number of fused-ring (bicyclic) bond motifs is 1. The third-order valence-corrected chi connectivity index (χ3v) is 5.68. The first kappa shape index (κ1) is 19.4. The Bertz CT molecular complexity index is 948. The molecule has 1 fully saturated rings. The molecule has 2 aliphatic rings. The maximum Gasteiger partial charge on any atom is 0.255 e. The molecule has 4 rings (SSSR count). The van der Waals surface area contributed by atoms with Crippen molar-refractivity contribution in [1.82, 2.24) is 15.1 Å². The van der Waals surface area contributed by atoms with Gasteiger partial charge in [-0.25, -0.2) is 4.39 Å². The molecule has 1 saturated heterocycles. The summed E-state index contributed by atoms with van der Waals surface area (Å²) in [4.78, 5) is 29.5. The Morgan fingerprint density at radius 1 is 1.24 bits per heavy atom. The average Bonchev–Trinajstić information content (AvgIpc) is 2.97. The molecule has 2 aromatic carbocycles. The highest BCUT2D eigenvalue weighted by molar-refractivity contribution is 5.98. The van der Waals surface area contributed by atoms with Crippen LogP contribution in [0.4, 0.5) is 4.39 Å². The predicted molar refractivity (Wildman–Crippen MR) is 106 cm³/mol. The molecule has 7 heteroatoms. The number of hydrogen-bond donors (Lipinski definition) is 1. The second-order valence-electron chi connectivity index (χ2n) is 7.94. The van der Waals surface area contributed by atoms with Crippen LogP contribution in [0.15, 0.2) is 48.5 Å². The number of halogens is 1. The van der Waals surface area contributed by atoms with Crippen LogP contribution < -0.4 is 10.1 Å². The van der Waals surface area contributed by atoms with Gasteiger partial charge in [-0.2, -0.15) is 0 Å². The average molecular weight is 397 g/mol. The van der Waals surface area contributed by atoms with Gasteiger partial charge in [0.15, 0.2) is 0 Å². The van der Waals surface area contributed by atoms with E-state index in [1.807, 2.05) is 11.0 Å². The van der Waals surface area contributed by atoms with E-state index in [-0.39, 0.29) is 24.2 Å². The van der Waals surface area contributed by atoms with Gasteiger partial charge in [0.25, 0.3) is 5.91 Å². The molecule has 29 heavy (non-hydrogen) atoms. The number of nitrogens with one attached hydrogen (secondary N) is 1. The Morgan fingerprint density at radius 3 is 2.72 bits per heavy atom. The molecule has 2 aromatic rings. The lowest BCUT2D eigenvalue weighted by molar-refractivity contribution is -0.134. The molecule has 0 unspecified atom stereocenters. The zero-order valence-electron chi connectivity index (χ0n) is 16.5. The van der Waals surface area contributed by atoms with Crippen molar-refractivity contribution in [2.75, 3.05) is 33.8 Å². The Hall–Kier alpha value is -2.93. The van der Waals surface area contributed by atoms with Crippen molar-refractivity contribution in [3.63, 3.8) is 0 Å². The molecular weight excluding hydrogens is 373 g/mol. The first-order valence-electron chi connectivity index (χ1n) is 9.61. The van der Waals surface area contributed by atoms with Crippen molar-refractivity contribution in [3.05, 3.63) is 65.5 Å². The summed E-state index contributed by atoms with van der Waals surface area (Å²) >= 11 is 0. The molecule has 2 atom stereocenters. The van der Waals surface area contributed by atoms with E-state index in [0.29, 0.717) is 36.5 Å². The lowest BCUT2D eigenvalue weighted by atomic mass is 9.86. The standard InChI is InChI=1S/C22H24FN3O3/c1-25(2)21(28)17-12-26(11-15-7-3-5-9-18(15)23)13-22(17)14-29-19-10-6-4-8-16(19)20(27)24-22/h3-10,17H,11-14H2,1-2H3,(H,24,27)/t17-,22-/m1/s1. The molecule has 1 N–H and O–H groups in total. The van der Waals surface area contributed by atoms with Crippen LogP contribution in [0.3, 0.4) is 0 Å². The predicted octanol–water partition coefficient (Wildman–Crippen LogP) is 1.91. The van der Waals surface area contributed by atoms with E-state index >= 15 is 0 Å². The molecule has 0 saturated carbocycles. The van der Waals surface area contributed by atoms with Gasteiger partial charge in [-0.3, -0.25) is 14.5 Å². The van der Waals surface area contributed by atoms with E-state index in [0.717, 1.165) is 0 Å². The van der Waals surface area contributed by atoms with E-state index in [9.17, 15) is 14.0 Å². The molecule has 6 nitrogen and oxygen atoms in total. The molecule has 1 spiro atoms. The lowest BCUT2D eigenvalue weighted by Crippen LogP contribution is -2.60. The SMILES string of the molecule is CN(C)C(=O)[C@H]1CN(Cc2ccccc2F)C[C@@]12COc1ccccc1C(=O)N2. The number of benzene rings is 2. The third kappa shape index (κ3) is 3.58. The van der Waals surface area contributed by atoms with E-state index in [1.165, 1.54) is 11.0 Å². The van der Waals surface area contributed by atoms with Crippen LogP contribution in [-0.2, 0) is 11.3 Å². The minimum Gasteiger partial charge on any atom is -0.490 e. The minimum absolute atomic E-state index is 0.0871. The van der Waals surface area contributed by atoms with Crippen molar-refractivity contribution in [1.29, 1.82) is 0 Å². The fourth-order valence-electron chi connectivity index (χ4n) is 4.21. The smallest absolute Gasteiger partial charge is 0.255 e. The van der Waals surface area contributed by atoms with E-state index < -0.39 is 11.5 Å². The second-order valence-corrected chi connectivity index (χ2v) is 7.94. The lowest BCUT2D eigenvalue weighted by Gasteiger charge is -2.34. The van der Waals surface area contributed by atoms with Crippen LogP contribution in [0.25, 0.3) is 0 Å². The summed E-state index contributed by atoms with van der Waals surface area (Å²) in [5.74, 6) is -0.621. The molecule has 152 valence electrons. The fraction of sp³-hybridized carbons (Fsp3) is 0.364. The van der Waals surface area contributed by atoms with Crippen LogP contribution in [0.5, 0.6) is 5.75 Å². The van der Waals surface area contributed by atoms with E-state index in [2.05, 4.69) is 5.32 Å². The fourth-order valence-corrected chi connectivity index (χ4v) is 4.21. The van der Waals surface area contributed by atoms with Crippen LogP contribution >= 0.6 is 0 Å². The van der Waals surface area contributed by atoms with Crippen molar-refractivity contribution >= 4 is 11.8 Å². The highest BCUT2D eigenvalue weighted by Crippen LogP contribution is 2.35. The molecular formula is C22H24FN3O3. The summed E-state index contributed by atoms with van der Waals surface area (Å²) in [7, 11) is 3.40. The number of ether oxygens (including phenoxy) is 1. The van der Waals surface area contributed by atoms with E-state index in [1.54, 1.807) is 50.5 Å². The largest absolute Gasteiger partial charge is 0.490 e. The zero-order valence-corrected chi connectivity index (χ0v) is 16.5. The number of hydrogen-bond acceptors (Lipinski definition) is 4. The number of carbonyl (C=O) groups is 2. The monoisotopic (exact) mass is 397 g/mol. The first-order chi connectivity index (χ1) is 13.9. The number of amides is 2. The van der Waals surface area contributed by atoms with Gasteiger partial charge in [0, 0.05) is 39.3 Å². The second kappa shape index (κ2) is 7.48. The molecule has 2 amide bonds. The highest BCUT2D eigenvalue weighted by Gasteiger charge is 2.53. The number of likely N-dealkylation sites (tertiary alicyclic amines) is 1. The summed E-state index contributed by atoms with van der Waals surface area (Å²) in [6.45, 7) is 1.33. The summed E-state index contributed by atoms with van der Waals surface area (Å²) in [5, 5.41) is 3.08. The molecule has 0 bridgehead atoms. The van der Waals surface area contributed by atoms with E-state index in [4.69, 9.17) is 4.74 Å². The number of para-hydroxylation sites is 1. The van der Waals surface area contributed by atoms with Gasteiger partial charge in [-0.1, -0.05) is 30.3 Å². The van der Waals surface area contributed by atoms with Crippen molar-refractivity contribution < 1.29 is 18.7 Å². The number of rotatable bonds is 3. The Labute approximate surface area is 169 Å². The van der Waals surface area contributed by atoms with Crippen LogP contribution in [0.2, 0.25) is 0 Å². The first-order valence-corrected chi connectivity index (χ1v) is 9.61. The summed E-state index contributed by atoms with van der Waals surface area (Å²) < 4.78 is 20.2. The normalized spacial score (nSPS) is 23.8. The van der Waals surface area contributed by atoms with Crippen molar-refractivity contribution in [3.8, 4) is 5.75 Å². The zero-order chi connectivity index (χ0) is 20.6. The molecule has 0 aliphatic carbocycles. The maximum atomic E-state index is 14.2. The van der Waals surface area contributed by atoms with Crippen LogP contribution in [0.1, 0.15) is 15.9 Å². The van der Waals surface area contributed by atoms with Crippen molar-refractivity contribution in [2.45, 2.75) is 12.1 Å². The topological polar surface area (TPSA) is 61.9 Å². The van der Waals surface area contributed by atoms with Gasteiger partial charge in [0.05, 0.1) is 17.0 Å². The molecule has 2 aliphatic heterocycles. The molecule has 2 heterocycles. The third-order valence-electron chi connectivity index (χ3n) is 5.68. The van der Waals surface area contributed by atoms with Crippen LogP contribution in [-0.4, -0.2) is 60.9 Å². The summed E-state index contributed by atoms with van der Waals surface area (Å²) in [6.07, 6.45) is 0. The Kier molecular flexibility index (Phi) is 5.00. The highest BCUT2D eigenvalue weighted by atomic mass is 19.1.